The summed E-state index contributed by atoms with van der Waals surface area (Å²) in [5.41, 5.74) is 2.74. The summed E-state index contributed by atoms with van der Waals surface area (Å²) in [5.74, 6) is -0.337. The third-order valence-corrected chi connectivity index (χ3v) is 6.70. The molecule has 6 rings (SSSR count). The fourth-order valence-corrected chi connectivity index (χ4v) is 5.14. The van der Waals surface area contributed by atoms with Crippen molar-refractivity contribution in [2.24, 2.45) is 0 Å². The molecule has 4 aromatic rings. The van der Waals surface area contributed by atoms with E-state index in [1.807, 2.05) is 29.2 Å². The van der Waals surface area contributed by atoms with Gasteiger partial charge in [-0.3, -0.25) is 4.79 Å². The third kappa shape index (κ3) is 3.17. The van der Waals surface area contributed by atoms with E-state index in [1.54, 1.807) is 22.6 Å². The number of aromatic amines is 1. The molecule has 1 amide bonds. The lowest BCUT2D eigenvalue weighted by Crippen LogP contribution is -2.41. The predicted molar refractivity (Wildman–Crippen MR) is 112 cm³/mol. The average Bonchev–Trinajstić information content (AvgIpc) is 3.57. The van der Waals surface area contributed by atoms with E-state index in [-0.39, 0.29) is 11.8 Å². The molecule has 1 aromatic carbocycles. The van der Waals surface area contributed by atoms with Crippen LogP contribution in [0.2, 0.25) is 0 Å². The number of H-pyrrole nitrogens is 1. The molecule has 2 aliphatic heterocycles. The van der Waals surface area contributed by atoms with Gasteiger partial charge in [0.05, 0.1) is 35.5 Å². The number of fused-ring (bicyclic) bond motifs is 2. The van der Waals surface area contributed by atoms with Crippen LogP contribution < -0.4 is 4.90 Å². The van der Waals surface area contributed by atoms with Crippen LogP contribution in [0.5, 0.6) is 0 Å². The minimum absolute atomic E-state index is 0.0217. The molecule has 1 atom stereocenters. The van der Waals surface area contributed by atoms with Gasteiger partial charge < -0.3 is 23.9 Å². The predicted octanol–water partition coefficient (Wildman–Crippen LogP) is 2.03. The number of anilines is 1. The van der Waals surface area contributed by atoms with Crippen molar-refractivity contribution < 1.29 is 13.9 Å². The Bertz CT molecular complexity index is 1210. The van der Waals surface area contributed by atoms with Gasteiger partial charge >= 0.3 is 17.8 Å². The van der Waals surface area contributed by atoms with Gasteiger partial charge in [0.1, 0.15) is 11.0 Å². The number of imidazole rings is 1. The molecule has 0 saturated carbocycles. The van der Waals surface area contributed by atoms with Crippen molar-refractivity contribution in [2.75, 3.05) is 37.7 Å². The highest BCUT2D eigenvalue weighted by Crippen LogP contribution is 2.38. The molecule has 158 valence electrons. The summed E-state index contributed by atoms with van der Waals surface area (Å²) in [7, 11) is 0. The van der Waals surface area contributed by atoms with Gasteiger partial charge in [0, 0.05) is 31.7 Å². The van der Waals surface area contributed by atoms with Gasteiger partial charge in [-0.15, -0.1) is 16.4 Å². The Morgan fingerprint density at radius 1 is 1.16 bits per heavy atom. The van der Waals surface area contributed by atoms with Crippen LogP contribution in [-0.4, -0.2) is 68.8 Å². The summed E-state index contributed by atoms with van der Waals surface area (Å²) in [5, 5.41) is 8.95. The van der Waals surface area contributed by atoms with E-state index in [1.165, 1.54) is 0 Å². The maximum Gasteiger partial charge on any atom is 0.318 e. The number of rotatable bonds is 3. The van der Waals surface area contributed by atoms with Crippen LogP contribution in [0.25, 0.3) is 10.2 Å². The Morgan fingerprint density at radius 2 is 2.03 bits per heavy atom. The van der Waals surface area contributed by atoms with Crippen molar-refractivity contribution in [3.63, 3.8) is 0 Å². The van der Waals surface area contributed by atoms with E-state index in [0.717, 1.165) is 26.6 Å². The highest BCUT2D eigenvalue weighted by molar-refractivity contribution is 7.18. The number of amides is 1. The highest BCUT2D eigenvalue weighted by atomic mass is 32.1. The zero-order chi connectivity index (χ0) is 20.8. The second kappa shape index (κ2) is 7.43. The SMILES string of the molecule is O=C(c1nnc(N2CCOCC2)o1)N1CCc2[nH]cnc2[C@H]1c1nc2ccccc2s1. The van der Waals surface area contributed by atoms with Crippen molar-refractivity contribution in [1.82, 2.24) is 30.0 Å². The topological polar surface area (TPSA) is 113 Å². The molecule has 1 fully saturated rings. The van der Waals surface area contributed by atoms with E-state index in [9.17, 15) is 4.79 Å². The van der Waals surface area contributed by atoms with Gasteiger partial charge in [-0.2, -0.15) is 0 Å². The Labute approximate surface area is 180 Å². The number of benzene rings is 1. The van der Waals surface area contributed by atoms with Gasteiger partial charge in [0.15, 0.2) is 0 Å². The second-order valence-corrected chi connectivity index (χ2v) is 8.49. The van der Waals surface area contributed by atoms with Crippen LogP contribution in [0.4, 0.5) is 6.01 Å². The number of ether oxygens (including phenoxy) is 1. The minimum Gasteiger partial charge on any atom is -0.399 e. The molecule has 0 spiro atoms. The standard InChI is InChI=1S/C20H19N7O3S/c28-19(17-24-25-20(30-17)26-7-9-29-10-8-26)27-6-5-13-15(22-11-21-13)16(27)18-23-12-3-1-2-4-14(12)31-18/h1-4,11,16H,5-10H2,(H,21,22)/t16-/m0/s1. The number of thiazole rings is 1. The number of hydrogen-bond donors (Lipinski definition) is 1. The molecule has 0 unspecified atom stereocenters. The average molecular weight is 437 g/mol. The number of carbonyl (C=O) groups excluding carboxylic acids is 1. The lowest BCUT2D eigenvalue weighted by atomic mass is 10.0. The third-order valence-electron chi connectivity index (χ3n) is 5.61. The first-order valence-electron chi connectivity index (χ1n) is 10.1. The Balaban J connectivity index is 1.36. The first kappa shape index (κ1) is 18.5. The molecular weight excluding hydrogens is 418 g/mol. The fraction of sp³-hybridized carbons (Fsp3) is 0.350. The van der Waals surface area contributed by atoms with Crippen molar-refractivity contribution in [1.29, 1.82) is 0 Å². The lowest BCUT2D eigenvalue weighted by Gasteiger charge is -2.32. The second-order valence-electron chi connectivity index (χ2n) is 7.43. The van der Waals surface area contributed by atoms with Gasteiger partial charge in [-0.1, -0.05) is 17.2 Å². The zero-order valence-corrected chi connectivity index (χ0v) is 17.3. The van der Waals surface area contributed by atoms with Crippen LogP contribution >= 0.6 is 11.3 Å². The number of hydrogen-bond acceptors (Lipinski definition) is 9. The monoisotopic (exact) mass is 437 g/mol. The van der Waals surface area contributed by atoms with Crippen molar-refractivity contribution in [3.05, 3.63) is 52.9 Å². The summed E-state index contributed by atoms with van der Waals surface area (Å²) in [6, 6.07) is 7.89. The van der Waals surface area contributed by atoms with Gasteiger partial charge in [0.25, 0.3) is 0 Å². The maximum absolute atomic E-state index is 13.5. The molecular formula is C20H19N7O3S. The van der Waals surface area contributed by atoms with Crippen LogP contribution in [0.3, 0.4) is 0 Å². The Hall–Kier alpha value is -3.31. The number of nitrogens with one attached hydrogen (secondary N) is 1. The number of para-hydroxylation sites is 1. The van der Waals surface area contributed by atoms with Crippen LogP contribution in [-0.2, 0) is 11.2 Å². The van der Waals surface area contributed by atoms with Crippen molar-refractivity contribution in [3.8, 4) is 0 Å². The molecule has 1 N–H and O–H groups in total. The minimum atomic E-state index is -0.404. The number of nitrogens with zero attached hydrogens (tertiary/aromatic N) is 6. The summed E-state index contributed by atoms with van der Waals surface area (Å²) >= 11 is 1.57. The molecule has 11 heteroatoms. The van der Waals surface area contributed by atoms with Crippen LogP contribution in [0, 0.1) is 0 Å². The van der Waals surface area contributed by atoms with E-state index < -0.39 is 6.04 Å². The molecule has 0 bridgehead atoms. The molecule has 2 aliphatic rings. The van der Waals surface area contributed by atoms with E-state index in [4.69, 9.17) is 14.1 Å². The smallest absolute Gasteiger partial charge is 0.318 e. The zero-order valence-electron chi connectivity index (χ0n) is 16.5. The summed E-state index contributed by atoms with van der Waals surface area (Å²) in [4.78, 5) is 29.6. The highest BCUT2D eigenvalue weighted by Gasteiger charge is 2.38. The summed E-state index contributed by atoms with van der Waals surface area (Å²) in [6.07, 6.45) is 2.34. The first-order chi connectivity index (χ1) is 15.3. The quantitative estimate of drug-likeness (QED) is 0.518. The Morgan fingerprint density at radius 3 is 2.90 bits per heavy atom. The largest absolute Gasteiger partial charge is 0.399 e. The molecule has 10 nitrogen and oxygen atoms in total. The molecule has 5 heterocycles. The van der Waals surface area contributed by atoms with E-state index in [2.05, 4.69) is 20.2 Å². The number of morpholine rings is 1. The molecule has 0 radical (unpaired) electrons. The summed E-state index contributed by atoms with van der Waals surface area (Å²) in [6.45, 7) is 3.01. The van der Waals surface area contributed by atoms with E-state index >= 15 is 0 Å². The van der Waals surface area contributed by atoms with Crippen molar-refractivity contribution >= 4 is 33.5 Å². The molecule has 31 heavy (non-hydrogen) atoms. The van der Waals surface area contributed by atoms with E-state index in [0.29, 0.717) is 45.3 Å². The normalized spacial score (nSPS) is 19.0. The van der Waals surface area contributed by atoms with Gasteiger partial charge in [0.2, 0.25) is 0 Å². The molecule has 0 aliphatic carbocycles. The maximum atomic E-state index is 13.5. The number of aromatic nitrogens is 5. The Kier molecular flexibility index (Phi) is 4.42. The van der Waals surface area contributed by atoms with Gasteiger partial charge in [-0.05, 0) is 12.1 Å². The molecule has 1 saturated heterocycles. The van der Waals surface area contributed by atoms with Crippen LogP contribution in [0.15, 0.2) is 35.0 Å². The lowest BCUT2D eigenvalue weighted by molar-refractivity contribution is 0.0649. The van der Waals surface area contributed by atoms with Crippen LogP contribution in [0.1, 0.15) is 33.1 Å². The first-order valence-corrected chi connectivity index (χ1v) is 10.9. The fourth-order valence-electron chi connectivity index (χ4n) is 4.06. The molecule has 3 aromatic heterocycles. The van der Waals surface area contributed by atoms with Gasteiger partial charge in [-0.25, -0.2) is 9.97 Å². The summed E-state index contributed by atoms with van der Waals surface area (Å²) < 4.78 is 12.2. The number of carbonyl (C=O) groups is 1. The van der Waals surface area contributed by atoms with Crippen molar-refractivity contribution in [2.45, 2.75) is 12.5 Å².